The average Bonchev–Trinajstić information content (AvgIpc) is 3.10. The van der Waals surface area contributed by atoms with Gasteiger partial charge in [0.25, 0.3) is 0 Å². The standard InChI is InChI=1S/C26H23Cl2NO4/c27-17-12-16(13-18(28)14-17)6-5-11-24(25(30)31)29-26(32)33-15-23-21-9-3-1-7-19(21)20-8-2-4-10-22(20)23/h1-4,7-10,12-14,23-24H,5-6,11,15H2,(H,29,32)(H,30,31)/t24-/m0/s1. The number of benzene rings is 3. The summed E-state index contributed by atoms with van der Waals surface area (Å²) in [5.74, 6) is -1.19. The molecule has 4 rings (SSSR count). The third-order valence-electron chi connectivity index (χ3n) is 5.81. The lowest BCUT2D eigenvalue weighted by atomic mass is 9.98. The van der Waals surface area contributed by atoms with E-state index in [1.807, 2.05) is 36.4 Å². The molecule has 2 N–H and O–H groups in total. The summed E-state index contributed by atoms with van der Waals surface area (Å²) in [6.45, 7) is 0.132. The van der Waals surface area contributed by atoms with Gasteiger partial charge in [0.1, 0.15) is 12.6 Å². The van der Waals surface area contributed by atoms with Crippen molar-refractivity contribution in [1.29, 1.82) is 0 Å². The number of hydrogen-bond acceptors (Lipinski definition) is 3. The van der Waals surface area contributed by atoms with Crippen LogP contribution in [0.3, 0.4) is 0 Å². The molecule has 3 aromatic rings. The third-order valence-corrected chi connectivity index (χ3v) is 6.25. The number of aryl methyl sites for hydroxylation is 1. The molecule has 1 amide bonds. The molecule has 0 aliphatic heterocycles. The normalized spacial score (nSPS) is 13.2. The van der Waals surface area contributed by atoms with Gasteiger partial charge in [-0.25, -0.2) is 9.59 Å². The van der Waals surface area contributed by atoms with E-state index in [1.54, 1.807) is 18.2 Å². The molecular formula is C26H23Cl2NO4. The number of nitrogens with one attached hydrogen (secondary N) is 1. The van der Waals surface area contributed by atoms with Gasteiger partial charge in [0.2, 0.25) is 0 Å². The van der Waals surface area contributed by atoms with Crippen molar-refractivity contribution in [2.45, 2.75) is 31.2 Å². The number of rotatable bonds is 8. The van der Waals surface area contributed by atoms with Crippen LogP contribution >= 0.6 is 23.2 Å². The van der Waals surface area contributed by atoms with Crippen LogP contribution in [0.25, 0.3) is 11.1 Å². The van der Waals surface area contributed by atoms with Crippen LogP contribution in [0, 0.1) is 0 Å². The van der Waals surface area contributed by atoms with E-state index in [4.69, 9.17) is 27.9 Å². The Morgan fingerprint density at radius 3 is 2.09 bits per heavy atom. The van der Waals surface area contributed by atoms with Crippen molar-refractivity contribution in [2.75, 3.05) is 6.61 Å². The predicted octanol–water partition coefficient (Wildman–Crippen LogP) is 6.31. The van der Waals surface area contributed by atoms with Gasteiger partial charge in [0.05, 0.1) is 0 Å². The number of alkyl carbamates (subject to hydrolysis) is 1. The van der Waals surface area contributed by atoms with Crippen molar-refractivity contribution in [3.05, 3.63) is 93.5 Å². The Labute approximate surface area is 202 Å². The molecule has 1 aliphatic carbocycles. The van der Waals surface area contributed by atoms with Gasteiger partial charge in [-0.3, -0.25) is 0 Å². The van der Waals surface area contributed by atoms with Crippen molar-refractivity contribution in [3.8, 4) is 11.1 Å². The number of carbonyl (C=O) groups excluding carboxylic acids is 1. The number of aliphatic carboxylic acids is 1. The van der Waals surface area contributed by atoms with Gasteiger partial charge in [-0.2, -0.15) is 0 Å². The van der Waals surface area contributed by atoms with E-state index in [0.29, 0.717) is 22.9 Å². The fourth-order valence-electron chi connectivity index (χ4n) is 4.31. The number of fused-ring (bicyclic) bond motifs is 3. The molecule has 0 unspecified atom stereocenters. The zero-order chi connectivity index (χ0) is 23.4. The van der Waals surface area contributed by atoms with Gasteiger partial charge >= 0.3 is 12.1 Å². The quantitative estimate of drug-likeness (QED) is 0.393. The Balaban J connectivity index is 1.34. The highest BCUT2D eigenvalue weighted by molar-refractivity contribution is 6.34. The fourth-order valence-corrected chi connectivity index (χ4v) is 4.88. The van der Waals surface area contributed by atoms with Crippen LogP contribution in [0.1, 0.15) is 35.4 Å². The summed E-state index contributed by atoms with van der Waals surface area (Å²) in [6, 6.07) is 20.3. The van der Waals surface area contributed by atoms with E-state index in [-0.39, 0.29) is 18.9 Å². The molecular weight excluding hydrogens is 461 g/mol. The van der Waals surface area contributed by atoms with Gasteiger partial charge in [0, 0.05) is 16.0 Å². The van der Waals surface area contributed by atoms with Crippen LogP contribution in [-0.4, -0.2) is 29.8 Å². The monoisotopic (exact) mass is 483 g/mol. The van der Waals surface area contributed by atoms with Crippen molar-refractivity contribution in [2.24, 2.45) is 0 Å². The molecule has 0 spiro atoms. The number of halogens is 2. The highest BCUT2D eigenvalue weighted by Crippen LogP contribution is 2.44. The topological polar surface area (TPSA) is 75.6 Å². The van der Waals surface area contributed by atoms with Crippen molar-refractivity contribution in [3.63, 3.8) is 0 Å². The number of amides is 1. The first-order valence-electron chi connectivity index (χ1n) is 10.7. The largest absolute Gasteiger partial charge is 0.480 e. The minimum Gasteiger partial charge on any atom is -0.480 e. The molecule has 170 valence electrons. The van der Waals surface area contributed by atoms with Gasteiger partial charge in [-0.05, 0) is 65.3 Å². The molecule has 33 heavy (non-hydrogen) atoms. The Hall–Kier alpha value is -3.02. The van der Waals surface area contributed by atoms with E-state index in [1.165, 1.54) is 0 Å². The van der Waals surface area contributed by atoms with Crippen molar-refractivity contribution < 1.29 is 19.4 Å². The summed E-state index contributed by atoms with van der Waals surface area (Å²) in [5.41, 5.74) is 5.37. The SMILES string of the molecule is O=C(N[C@@H](CCCc1cc(Cl)cc(Cl)c1)C(=O)O)OCC1c2ccccc2-c2ccccc21. The number of hydrogen-bond donors (Lipinski definition) is 2. The molecule has 5 nitrogen and oxygen atoms in total. The van der Waals surface area contributed by atoms with Crippen molar-refractivity contribution in [1.82, 2.24) is 5.32 Å². The Morgan fingerprint density at radius 1 is 0.939 bits per heavy atom. The molecule has 1 atom stereocenters. The molecule has 0 radical (unpaired) electrons. The van der Waals surface area contributed by atoms with E-state index in [2.05, 4.69) is 17.4 Å². The molecule has 0 aromatic heterocycles. The average molecular weight is 484 g/mol. The lowest BCUT2D eigenvalue weighted by Crippen LogP contribution is -2.41. The fraction of sp³-hybridized carbons (Fsp3) is 0.231. The molecule has 1 aliphatic rings. The first kappa shape index (κ1) is 23.1. The lowest BCUT2D eigenvalue weighted by molar-refractivity contribution is -0.139. The second-order valence-corrected chi connectivity index (χ2v) is 8.90. The summed E-state index contributed by atoms with van der Waals surface area (Å²) in [7, 11) is 0. The van der Waals surface area contributed by atoms with Gasteiger partial charge in [0.15, 0.2) is 0 Å². The molecule has 3 aromatic carbocycles. The highest BCUT2D eigenvalue weighted by Gasteiger charge is 2.29. The second-order valence-electron chi connectivity index (χ2n) is 8.03. The van der Waals surface area contributed by atoms with E-state index < -0.39 is 18.1 Å². The maximum Gasteiger partial charge on any atom is 0.407 e. The predicted molar refractivity (Wildman–Crippen MR) is 129 cm³/mol. The maximum absolute atomic E-state index is 12.4. The highest BCUT2D eigenvalue weighted by atomic mass is 35.5. The smallest absolute Gasteiger partial charge is 0.407 e. The van der Waals surface area contributed by atoms with E-state index in [9.17, 15) is 14.7 Å². The van der Waals surface area contributed by atoms with Crippen LogP contribution in [0.2, 0.25) is 10.0 Å². The minimum atomic E-state index is -1.10. The Kier molecular flexibility index (Phi) is 7.21. The van der Waals surface area contributed by atoms with Crippen LogP contribution in [-0.2, 0) is 16.0 Å². The van der Waals surface area contributed by atoms with Gasteiger partial charge in [-0.1, -0.05) is 71.7 Å². The molecule has 0 bridgehead atoms. The third kappa shape index (κ3) is 5.49. The molecule has 0 heterocycles. The Morgan fingerprint density at radius 2 is 1.52 bits per heavy atom. The van der Waals surface area contributed by atoms with E-state index in [0.717, 1.165) is 27.8 Å². The summed E-state index contributed by atoms with van der Waals surface area (Å²) in [6.07, 6.45) is 0.646. The summed E-state index contributed by atoms with van der Waals surface area (Å²) >= 11 is 12.0. The van der Waals surface area contributed by atoms with Crippen LogP contribution in [0.4, 0.5) is 4.79 Å². The lowest BCUT2D eigenvalue weighted by Gasteiger charge is -2.17. The summed E-state index contributed by atoms with van der Waals surface area (Å²) < 4.78 is 5.47. The van der Waals surface area contributed by atoms with Gasteiger partial charge in [-0.15, -0.1) is 0 Å². The summed E-state index contributed by atoms with van der Waals surface area (Å²) in [5, 5.41) is 13.1. The second kappa shape index (κ2) is 10.3. The number of carboxylic acid groups (broad SMARTS) is 1. The molecule has 0 saturated heterocycles. The maximum atomic E-state index is 12.4. The van der Waals surface area contributed by atoms with Gasteiger partial charge < -0.3 is 15.2 Å². The molecule has 7 heteroatoms. The van der Waals surface area contributed by atoms with E-state index >= 15 is 0 Å². The number of carboxylic acids is 1. The number of carbonyl (C=O) groups is 2. The minimum absolute atomic E-state index is 0.0843. The Bertz CT molecular complexity index is 1110. The first-order chi connectivity index (χ1) is 15.9. The zero-order valence-corrected chi connectivity index (χ0v) is 19.3. The van der Waals surface area contributed by atoms with Crippen LogP contribution in [0.15, 0.2) is 66.7 Å². The molecule has 0 fully saturated rings. The van der Waals surface area contributed by atoms with Crippen molar-refractivity contribution >= 4 is 35.3 Å². The zero-order valence-electron chi connectivity index (χ0n) is 17.8. The first-order valence-corrected chi connectivity index (χ1v) is 11.5. The van der Waals surface area contributed by atoms with Crippen LogP contribution < -0.4 is 5.32 Å². The molecule has 0 saturated carbocycles. The summed E-state index contributed by atoms with van der Waals surface area (Å²) in [4.78, 5) is 24.1. The number of ether oxygens (including phenoxy) is 1. The van der Waals surface area contributed by atoms with Crippen LogP contribution in [0.5, 0.6) is 0 Å².